The van der Waals surface area contributed by atoms with Gasteiger partial charge < -0.3 is 14.4 Å². The van der Waals surface area contributed by atoms with Gasteiger partial charge in [-0.15, -0.1) is 0 Å². The minimum absolute atomic E-state index is 0.0593. The van der Waals surface area contributed by atoms with Gasteiger partial charge in [-0.05, 0) is 37.4 Å². The molecule has 1 aromatic carbocycles. The second-order valence-electron chi connectivity index (χ2n) is 5.06. The first-order valence-corrected chi connectivity index (χ1v) is 9.21. The number of allylic oxidation sites excluding steroid dienone is 2. The highest BCUT2D eigenvalue weighted by Gasteiger charge is 2.27. The molecule has 1 aliphatic rings. The van der Waals surface area contributed by atoms with Gasteiger partial charge in [0.05, 0.1) is 24.7 Å². The third-order valence-corrected chi connectivity index (χ3v) is 5.18. The van der Waals surface area contributed by atoms with Crippen LogP contribution < -0.4 is 0 Å². The maximum atomic E-state index is 12.7. The average Bonchev–Trinajstić information content (AvgIpc) is 2.60. The molecule has 1 saturated heterocycles. The van der Waals surface area contributed by atoms with E-state index >= 15 is 0 Å². The van der Waals surface area contributed by atoms with Crippen molar-refractivity contribution in [1.82, 2.24) is 4.90 Å². The fourth-order valence-corrected chi connectivity index (χ4v) is 3.48. The number of hydrogen-bond donors (Lipinski definition) is 0. The van der Waals surface area contributed by atoms with Crippen LogP contribution in [-0.4, -0.2) is 52.2 Å². The molecular weight excluding hydrogens is 330 g/mol. The second-order valence-corrected chi connectivity index (χ2v) is 6.98. The number of morpholine rings is 1. The highest BCUT2D eigenvalue weighted by molar-refractivity contribution is 7.96. The van der Waals surface area contributed by atoms with Crippen molar-refractivity contribution in [2.24, 2.45) is 0 Å². The fraction of sp³-hybridized carbons (Fsp3) is 0.353. The smallest absolute Gasteiger partial charge is 0.350 e. The number of hydrogen-bond acceptors (Lipinski definition) is 6. The van der Waals surface area contributed by atoms with Crippen LogP contribution in [0.25, 0.3) is 0 Å². The molecule has 1 aliphatic heterocycles. The Labute approximate surface area is 142 Å². The van der Waals surface area contributed by atoms with Crippen molar-refractivity contribution in [3.05, 3.63) is 53.6 Å². The lowest BCUT2D eigenvalue weighted by Crippen LogP contribution is -2.31. The monoisotopic (exact) mass is 351 g/mol. The van der Waals surface area contributed by atoms with Crippen LogP contribution in [0.3, 0.4) is 0 Å². The lowest BCUT2D eigenvalue weighted by Gasteiger charge is -2.24. The molecule has 130 valence electrons. The van der Waals surface area contributed by atoms with Crippen LogP contribution in [-0.2, 0) is 24.1 Å². The summed E-state index contributed by atoms with van der Waals surface area (Å²) in [5.74, 6) is -0.854. The van der Waals surface area contributed by atoms with E-state index in [9.17, 15) is 13.2 Å². The summed E-state index contributed by atoms with van der Waals surface area (Å²) in [7, 11) is -3.93. The standard InChI is InChI=1S/C17H21NO5S/c1-2-23-17(19)16(9-6-10-18-11-13-22-14-12-18)24(20,21)15-7-4-3-5-8-15/h3-10H,2,11-14H2,1H3. The molecule has 0 aromatic heterocycles. The maximum Gasteiger partial charge on any atom is 0.350 e. The van der Waals surface area contributed by atoms with Gasteiger partial charge in [-0.3, -0.25) is 0 Å². The Kier molecular flexibility index (Phi) is 6.57. The summed E-state index contributed by atoms with van der Waals surface area (Å²) in [6.45, 7) is 4.44. The van der Waals surface area contributed by atoms with Crippen molar-refractivity contribution in [1.29, 1.82) is 0 Å². The summed E-state index contributed by atoms with van der Waals surface area (Å²) in [5.41, 5.74) is 0. The zero-order chi connectivity index (χ0) is 17.4. The number of rotatable bonds is 6. The molecule has 1 heterocycles. The Bertz CT molecular complexity index is 704. The van der Waals surface area contributed by atoms with Crippen molar-refractivity contribution >= 4 is 15.8 Å². The van der Waals surface area contributed by atoms with Gasteiger partial charge in [-0.2, -0.15) is 0 Å². The van der Waals surface area contributed by atoms with Crippen molar-refractivity contribution in [2.75, 3.05) is 32.9 Å². The van der Waals surface area contributed by atoms with Gasteiger partial charge in [0.1, 0.15) is 0 Å². The van der Waals surface area contributed by atoms with Crippen LogP contribution in [0, 0.1) is 0 Å². The predicted octanol–water partition coefficient (Wildman–Crippen LogP) is 1.75. The number of ether oxygens (including phenoxy) is 2. The van der Waals surface area contributed by atoms with Crippen LogP contribution >= 0.6 is 0 Å². The maximum absolute atomic E-state index is 12.7. The molecule has 0 N–H and O–H groups in total. The van der Waals surface area contributed by atoms with E-state index in [0.29, 0.717) is 13.2 Å². The molecule has 7 heteroatoms. The first kappa shape index (κ1) is 18.2. The summed E-state index contributed by atoms with van der Waals surface area (Å²) < 4.78 is 35.5. The van der Waals surface area contributed by atoms with Crippen LogP contribution in [0.1, 0.15) is 6.92 Å². The highest BCUT2D eigenvalue weighted by Crippen LogP contribution is 2.20. The van der Waals surface area contributed by atoms with Crippen molar-refractivity contribution in [2.45, 2.75) is 11.8 Å². The molecule has 0 spiro atoms. The van der Waals surface area contributed by atoms with E-state index in [1.165, 1.54) is 18.2 Å². The minimum Gasteiger partial charge on any atom is -0.462 e. The van der Waals surface area contributed by atoms with E-state index in [-0.39, 0.29) is 16.4 Å². The number of carbonyl (C=O) groups excluding carboxylic acids is 1. The van der Waals surface area contributed by atoms with E-state index in [1.807, 2.05) is 4.90 Å². The fourth-order valence-electron chi connectivity index (χ4n) is 2.17. The van der Waals surface area contributed by atoms with E-state index in [1.54, 1.807) is 37.4 Å². The number of esters is 1. The summed E-state index contributed by atoms with van der Waals surface area (Å²) in [6.07, 6.45) is 4.59. The van der Waals surface area contributed by atoms with Gasteiger partial charge >= 0.3 is 5.97 Å². The molecule has 0 saturated carbocycles. The Morgan fingerprint density at radius 1 is 1.25 bits per heavy atom. The molecule has 0 radical (unpaired) electrons. The van der Waals surface area contributed by atoms with Crippen molar-refractivity contribution in [3.63, 3.8) is 0 Å². The van der Waals surface area contributed by atoms with Crippen molar-refractivity contribution in [3.8, 4) is 0 Å². The summed E-state index contributed by atoms with van der Waals surface area (Å²) in [6, 6.07) is 7.84. The zero-order valence-corrected chi connectivity index (χ0v) is 14.4. The molecule has 6 nitrogen and oxygen atoms in total. The van der Waals surface area contributed by atoms with Crippen LogP contribution in [0.15, 0.2) is 58.5 Å². The summed E-state index contributed by atoms with van der Waals surface area (Å²) >= 11 is 0. The minimum atomic E-state index is -3.93. The lowest BCUT2D eigenvalue weighted by molar-refractivity contribution is -0.137. The van der Waals surface area contributed by atoms with Gasteiger partial charge in [0.15, 0.2) is 4.91 Å². The van der Waals surface area contributed by atoms with E-state index in [4.69, 9.17) is 9.47 Å². The molecule has 2 rings (SSSR count). The first-order chi connectivity index (χ1) is 11.6. The predicted molar refractivity (Wildman–Crippen MR) is 89.9 cm³/mol. The number of sulfone groups is 1. The molecule has 24 heavy (non-hydrogen) atoms. The van der Waals surface area contributed by atoms with E-state index < -0.39 is 15.8 Å². The van der Waals surface area contributed by atoms with Crippen LogP contribution in [0.5, 0.6) is 0 Å². The quantitative estimate of drug-likeness (QED) is 0.442. The van der Waals surface area contributed by atoms with Gasteiger partial charge in [-0.1, -0.05) is 18.2 Å². The van der Waals surface area contributed by atoms with E-state index in [0.717, 1.165) is 13.1 Å². The number of nitrogens with zero attached hydrogens (tertiary/aromatic N) is 1. The van der Waals surface area contributed by atoms with Gasteiger partial charge in [0, 0.05) is 13.1 Å². The van der Waals surface area contributed by atoms with Crippen molar-refractivity contribution < 1.29 is 22.7 Å². The van der Waals surface area contributed by atoms with Crippen LogP contribution in [0.4, 0.5) is 0 Å². The largest absolute Gasteiger partial charge is 0.462 e. The topological polar surface area (TPSA) is 72.9 Å². The Morgan fingerprint density at radius 3 is 2.54 bits per heavy atom. The third-order valence-electron chi connectivity index (χ3n) is 3.41. The normalized spacial score (nSPS) is 16.4. The molecule has 0 unspecified atom stereocenters. The van der Waals surface area contributed by atoms with Gasteiger partial charge in [-0.25, -0.2) is 13.2 Å². The number of benzene rings is 1. The van der Waals surface area contributed by atoms with Gasteiger partial charge in [0.2, 0.25) is 9.84 Å². The second kappa shape index (κ2) is 8.65. The zero-order valence-electron chi connectivity index (χ0n) is 13.6. The van der Waals surface area contributed by atoms with E-state index in [2.05, 4.69) is 0 Å². The third kappa shape index (κ3) is 4.69. The Hall–Kier alpha value is -2.12. The lowest BCUT2D eigenvalue weighted by atomic mass is 10.4. The molecule has 0 atom stereocenters. The van der Waals surface area contributed by atoms with Crippen LogP contribution in [0.2, 0.25) is 0 Å². The average molecular weight is 351 g/mol. The molecule has 0 bridgehead atoms. The Balaban J connectivity index is 2.29. The SMILES string of the molecule is CCOC(=O)C(=CC=CN1CCOCC1)S(=O)(=O)c1ccccc1. The first-order valence-electron chi connectivity index (χ1n) is 7.73. The van der Waals surface area contributed by atoms with Gasteiger partial charge in [0.25, 0.3) is 0 Å². The molecular formula is C17H21NO5S. The molecule has 0 amide bonds. The highest BCUT2D eigenvalue weighted by atomic mass is 32.2. The Morgan fingerprint density at radius 2 is 1.92 bits per heavy atom. The molecule has 1 fully saturated rings. The molecule has 0 aliphatic carbocycles. The summed E-state index contributed by atoms with van der Waals surface area (Å²) in [4.78, 5) is 13.8. The molecule has 1 aromatic rings. The summed E-state index contributed by atoms with van der Waals surface area (Å²) in [5, 5.41) is 0. The number of carbonyl (C=O) groups is 1.